The molecular formula is C24H34N2O4. The van der Waals surface area contributed by atoms with Crippen LogP contribution in [0.5, 0.6) is 0 Å². The van der Waals surface area contributed by atoms with Crippen molar-refractivity contribution in [2.75, 3.05) is 6.61 Å². The van der Waals surface area contributed by atoms with E-state index in [2.05, 4.69) is 11.4 Å². The van der Waals surface area contributed by atoms with E-state index in [0.29, 0.717) is 25.1 Å². The van der Waals surface area contributed by atoms with Crippen LogP contribution in [0.1, 0.15) is 92.1 Å². The zero-order valence-electron chi connectivity index (χ0n) is 17.8. The standard InChI is InChI=1S/C24H34N2O4/c27-16-9-7-5-3-1-2-4-6-8-11-18-12-10-13-19-20(18)17-26(24(19)30)21-14-15-22(28)25-23(21)29/h10,12-13,21,27H,1-9,11,14-17H2,(H,25,28,29). The average Bonchev–Trinajstić information content (AvgIpc) is 3.07. The number of hydrogen-bond acceptors (Lipinski definition) is 4. The molecule has 1 aromatic carbocycles. The van der Waals surface area contributed by atoms with Crippen LogP contribution in [0.3, 0.4) is 0 Å². The van der Waals surface area contributed by atoms with E-state index in [9.17, 15) is 14.4 Å². The fraction of sp³-hybridized carbons (Fsp3) is 0.625. The minimum absolute atomic E-state index is 0.0949. The Labute approximate surface area is 179 Å². The van der Waals surface area contributed by atoms with E-state index < -0.39 is 6.04 Å². The van der Waals surface area contributed by atoms with E-state index in [1.54, 1.807) is 4.90 Å². The van der Waals surface area contributed by atoms with Crippen molar-refractivity contribution in [1.29, 1.82) is 0 Å². The summed E-state index contributed by atoms with van der Waals surface area (Å²) in [5.41, 5.74) is 2.97. The lowest BCUT2D eigenvalue weighted by Gasteiger charge is -2.29. The molecule has 0 aliphatic carbocycles. The molecular weight excluding hydrogens is 380 g/mol. The molecule has 164 valence electrons. The number of aliphatic hydroxyl groups is 1. The minimum Gasteiger partial charge on any atom is -0.396 e. The molecule has 1 saturated heterocycles. The molecule has 0 bridgehead atoms. The van der Waals surface area contributed by atoms with Gasteiger partial charge in [-0.2, -0.15) is 0 Å². The smallest absolute Gasteiger partial charge is 0.255 e. The van der Waals surface area contributed by atoms with Gasteiger partial charge < -0.3 is 10.0 Å². The van der Waals surface area contributed by atoms with Gasteiger partial charge in [0.2, 0.25) is 11.8 Å². The topological polar surface area (TPSA) is 86.7 Å². The van der Waals surface area contributed by atoms with Crippen LogP contribution >= 0.6 is 0 Å². The molecule has 2 aliphatic rings. The van der Waals surface area contributed by atoms with Crippen LogP contribution in [0.4, 0.5) is 0 Å². The van der Waals surface area contributed by atoms with Gasteiger partial charge in [-0.15, -0.1) is 0 Å². The highest BCUT2D eigenvalue weighted by atomic mass is 16.3. The molecule has 6 nitrogen and oxygen atoms in total. The first-order valence-corrected chi connectivity index (χ1v) is 11.5. The van der Waals surface area contributed by atoms with E-state index in [1.807, 2.05) is 12.1 Å². The predicted molar refractivity (Wildman–Crippen MR) is 115 cm³/mol. The third-order valence-electron chi connectivity index (χ3n) is 6.28. The molecule has 3 rings (SSSR count). The van der Waals surface area contributed by atoms with Crippen molar-refractivity contribution in [2.24, 2.45) is 0 Å². The minimum atomic E-state index is -0.548. The van der Waals surface area contributed by atoms with Crippen LogP contribution in [-0.2, 0) is 22.6 Å². The van der Waals surface area contributed by atoms with Gasteiger partial charge in [0.1, 0.15) is 6.04 Å². The van der Waals surface area contributed by atoms with Crippen LogP contribution in [0.25, 0.3) is 0 Å². The summed E-state index contributed by atoms with van der Waals surface area (Å²) < 4.78 is 0. The largest absolute Gasteiger partial charge is 0.396 e. The highest BCUT2D eigenvalue weighted by molar-refractivity contribution is 6.05. The molecule has 1 aromatic rings. The Morgan fingerprint density at radius 1 is 0.933 bits per heavy atom. The molecule has 0 saturated carbocycles. The number of carbonyl (C=O) groups is 3. The van der Waals surface area contributed by atoms with Gasteiger partial charge in [0.15, 0.2) is 0 Å². The first-order valence-electron chi connectivity index (χ1n) is 11.5. The van der Waals surface area contributed by atoms with Gasteiger partial charge in [0.05, 0.1) is 0 Å². The molecule has 30 heavy (non-hydrogen) atoms. The molecule has 1 fully saturated rings. The lowest BCUT2D eigenvalue weighted by Crippen LogP contribution is -2.52. The lowest BCUT2D eigenvalue weighted by molar-refractivity contribution is -0.136. The number of nitrogens with zero attached hydrogens (tertiary/aromatic N) is 1. The van der Waals surface area contributed by atoms with Gasteiger partial charge in [-0.25, -0.2) is 0 Å². The Bertz CT molecular complexity index is 762. The van der Waals surface area contributed by atoms with Gasteiger partial charge in [0, 0.05) is 25.1 Å². The number of benzene rings is 1. The molecule has 2 heterocycles. The maximum absolute atomic E-state index is 12.9. The highest BCUT2D eigenvalue weighted by Gasteiger charge is 2.39. The van der Waals surface area contributed by atoms with Crippen LogP contribution in [-0.4, -0.2) is 40.4 Å². The quantitative estimate of drug-likeness (QED) is 0.405. The number of unbranched alkanes of at least 4 members (excludes halogenated alkanes) is 8. The molecule has 0 radical (unpaired) electrons. The maximum atomic E-state index is 12.9. The molecule has 1 atom stereocenters. The summed E-state index contributed by atoms with van der Waals surface area (Å²) in [6.07, 6.45) is 12.2. The molecule has 2 N–H and O–H groups in total. The third-order valence-corrected chi connectivity index (χ3v) is 6.28. The van der Waals surface area contributed by atoms with Crippen molar-refractivity contribution in [3.8, 4) is 0 Å². The van der Waals surface area contributed by atoms with Crippen molar-refractivity contribution in [3.63, 3.8) is 0 Å². The second-order valence-electron chi connectivity index (χ2n) is 8.50. The predicted octanol–water partition coefficient (Wildman–Crippen LogP) is 3.49. The molecule has 3 amide bonds. The van der Waals surface area contributed by atoms with Crippen molar-refractivity contribution in [1.82, 2.24) is 10.2 Å². The Balaban J connectivity index is 1.45. The number of aliphatic hydroxyl groups excluding tert-OH is 1. The normalized spacial score (nSPS) is 18.6. The summed E-state index contributed by atoms with van der Waals surface area (Å²) in [4.78, 5) is 38.1. The highest BCUT2D eigenvalue weighted by Crippen LogP contribution is 2.30. The summed E-state index contributed by atoms with van der Waals surface area (Å²) in [5.74, 6) is -0.709. The fourth-order valence-electron chi connectivity index (χ4n) is 4.55. The number of hydrogen-bond donors (Lipinski definition) is 2. The zero-order valence-corrected chi connectivity index (χ0v) is 17.8. The number of fused-ring (bicyclic) bond motifs is 1. The number of imide groups is 1. The second kappa shape index (κ2) is 11.3. The second-order valence-corrected chi connectivity index (χ2v) is 8.50. The van der Waals surface area contributed by atoms with Crippen molar-refractivity contribution in [3.05, 3.63) is 34.9 Å². The number of aryl methyl sites for hydroxylation is 1. The molecule has 2 aliphatic heterocycles. The van der Waals surface area contributed by atoms with Crippen molar-refractivity contribution in [2.45, 2.75) is 89.6 Å². The van der Waals surface area contributed by atoms with Gasteiger partial charge >= 0.3 is 0 Å². The van der Waals surface area contributed by atoms with Crippen molar-refractivity contribution < 1.29 is 19.5 Å². The van der Waals surface area contributed by atoms with Gasteiger partial charge in [-0.3, -0.25) is 19.7 Å². The van der Waals surface area contributed by atoms with E-state index in [-0.39, 0.29) is 24.1 Å². The number of amides is 3. The van der Waals surface area contributed by atoms with Gasteiger partial charge in [0.25, 0.3) is 5.91 Å². The van der Waals surface area contributed by atoms with Gasteiger partial charge in [-0.05, 0) is 42.9 Å². The van der Waals surface area contributed by atoms with E-state index in [4.69, 9.17) is 5.11 Å². The third kappa shape index (κ3) is 5.69. The summed E-state index contributed by atoms with van der Waals surface area (Å²) in [5, 5.41) is 11.1. The summed E-state index contributed by atoms with van der Waals surface area (Å²) in [6.45, 7) is 0.768. The first-order chi connectivity index (χ1) is 14.6. The van der Waals surface area contributed by atoms with Gasteiger partial charge in [-0.1, -0.05) is 57.1 Å². The van der Waals surface area contributed by atoms with E-state index in [1.165, 1.54) is 44.1 Å². The molecule has 1 unspecified atom stereocenters. The fourth-order valence-corrected chi connectivity index (χ4v) is 4.55. The monoisotopic (exact) mass is 414 g/mol. The summed E-state index contributed by atoms with van der Waals surface area (Å²) in [7, 11) is 0. The number of nitrogens with one attached hydrogen (secondary N) is 1. The molecule has 0 spiro atoms. The Kier molecular flexibility index (Phi) is 8.43. The molecule has 6 heteroatoms. The number of rotatable bonds is 12. The lowest BCUT2D eigenvalue weighted by atomic mass is 9.98. The van der Waals surface area contributed by atoms with Crippen LogP contribution in [0, 0.1) is 0 Å². The van der Waals surface area contributed by atoms with E-state index >= 15 is 0 Å². The molecule has 0 aromatic heterocycles. The summed E-state index contributed by atoms with van der Waals surface area (Å²) in [6, 6.07) is 5.34. The SMILES string of the molecule is O=C1CCC(N2Cc3c(CCCCCCCCCCCO)cccc3C2=O)C(=O)N1. The van der Waals surface area contributed by atoms with E-state index in [0.717, 1.165) is 31.2 Å². The van der Waals surface area contributed by atoms with Crippen LogP contribution in [0.15, 0.2) is 18.2 Å². The van der Waals surface area contributed by atoms with Crippen LogP contribution < -0.4 is 5.32 Å². The number of carbonyl (C=O) groups excluding carboxylic acids is 3. The Morgan fingerprint density at radius 3 is 2.27 bits per heavy atom. The van der Waals surface area contributed by atoms with Crippen LogP contribution in [0.2, 0.25) is 0 Å². The Morgan fingerprint density at radius 2 is 1.60 bits per heavy atom. The van der Waals surface area contributed by atoms with Crippen molar-refractivity contribution >= 4 is 17.7 Å². The maximum Gasteiger partial charge on any atom is 0.255 e. The number of piperidine rings is 1. The first kappa shape index (κ1) is 22.5. The Hall–Kier alpha value is -2.21. The average molecular weight is 415 g/mol. The summed E-state index contributed by atoms with van der Waals surface area (Å²) >= 11 is 0. The zero-order chi connectivity index (χ0) is 21.3.